The minimum atomic E-state index is -4.46. The fourth-order valence-corrected chi connectivity index (χ4v) is 2.11. The molecule has 0 aromatic heterocycles. The number of amides is 1. The van der Waals surface area contributed by atoms with Crippen molar-refractivity contribution < 1.29 is 22.7 Å². The van der Waals surface area contributed by atoms with Crippen molar-refractivity contribution in [3.63, 3.8) is 0 Å². The van der Waals surface area contributed by atoms with Crippen LogP contribution < -0.4 is 16.6 Å². The number of nitrogens with two attached hydrogens (primary N) is 1. The van der Waals surface area contributed by atoms with Crippen molar-refractivity contribution in [1.29, 1.82) is 0 Å². The van der Waals surface area contributed by atoms with Crippen molar-refractivity contribution in [1.82, 2.24) is 5.32 Å². The molecular formula is C19H18F3N3O2. The highest BCUT2D eigenvalue weighted by Gasteiger charge is 2.30. The van der Waals surface area contributed by atoms with Gasteiger partial charge in [0.1, 0.15) is 6.61 Å². The van der Waals surface area contributed by atoms with Crippen LogP contribution in [0.4, 0.5) is 23.7 Å². The van der Waals surface area contributed by atoms with Gasteiger partial charge >= 0.3 is 12.3 Å². The van der Waals surface area contributed by atoms with Gasteiger partial charge in [-0.3, -0.25) is 5.84 Å². The Hall–Kier alpha value is -3.18. The van der Waals surface area contributed by atoms with E-state index in [0.29, 0.717) is 12.0 Å². The van der Waals surface area contributed by atoms with Gasteiger partial charge in [0.25, 0.3) is 0 Å². The van der Waals surface area contributed by atoms with Crippen molar-refractivity contribution in [2.45, 2.75) is 19.2 Å². The molecule has 0 bridgehead atoms. The quantitative estimate of drug-likeness (QED) is 0.322. The number of nitrogen functional groups attached to an aromatic ring is 1. The first kappa shape index (κ1) is 20.1. The SMILES string of the molecule is NNc1cc(C(F)(F)F)ccc1C#CCCNC(=O)OCc1ccccc1. The number of rotatable bonds is 5. The molecule has 0 saturated carbocycles. The Morgan fingerprint density at radius 3 is 2.56 bits per heavy atom. The Labute approximate surface area is 154 Å². The summed E-state index contributed by atoms with van der Waals surface area (Å²) in [6.45, 7) is 0.405. The van der Waals surface area contributed by atoms with E-state index in [1.807, 2.05) is 30.3 Å². The molecule has 0 spiro atoms. The highest BCUT2D eigenvalue weighted by Crippen LogP contribution is 2.31. The number of alkyl carbamates (subject to hydrolysis) is 1. The number of hydrogen-bond acceptors (Lipinski definition) is 4. The van der Waals surface area contributed by atoms with Crippen molar-refractivity contribution in [3.05, 3.63) is 65.2 Å². The Morgan fingerprint density at radius 2 is 1.89 bits per heavy atom. The molecule has 0 radical (unpaired) electrons. The van der Waals surface area contributed by atoms with Gasteiger partial charge in [0.2, 0.25) is 0 Å². The van der Waals surface area contributed by atoms with Crippen LogP contribution in [0, 0.1) is 11.8 Å². The highest BCUT2D eigenvalue weighted by atomic mass is 19.4. The molecule has 0 saturated heterocycles. The van der Waals surface area contributed by atoms with E-state index in [-0.39, 0.29) is 18.8 Å². The normalized spacial score (nSPS) is 10.5. The third-order valence-electron chi connectivity index (χ3n) is 3.46. The van der Waals surface area contributed by atoms with Crippen LogP contribution in [0.15, 0.2) is 48.5 Å². The number of alkyl halides is 3. The molecule has 5 nitrogen and oxygen atoms in total. The Balaban J connectivity index is 1.80. The number of ether oxygens (including phenoxy) is 1. The zero-order chi connectivity index (χ0) is 19.7. The first-order chi connectivity index (χ1) is 12.9. The second-order valence-electron chi connectivity index (χ2n) is 5.44. The van der Waals surface area contributed by atoms with Gasteiger partial charge in [0.05, 0.1) is 11.3 Å². The minimum absolute atomic E-state index is 0.0764. The lowest BCUT2D eigenvalue weighted by Crippen LogP contribution is -2.24. The summed E-state index contributed by atoms with van der Waals surface area (Å²) in [4.78, 5) is 11.6. The highest BCUT2D eigenvalue weighted by molar-refractivity contribution is 5.67. The third-order valence-corrected chi connectivity index (χ3v) is 3.46. The molecular weight excluding hydrogens is 359 g/mol. The molecule has 8 heteroatoms. The Kier molecular flexibility index (Phi) is 7.08. The summed E-state index contributed by atoms with van der Waals surface area (Å²) in [7, 11) is 0. The fraction of sp³-hybridized carbons (Fsp3) is 0.211. The summed E-state index contributed by atoms with van der Waals surface area (Å²) in [5.74, 6) is 10.7. The maximum atomic E-state index is 12.7. The number of carbonyl (C=O) groups is 1. The smallest absolute Gasteiger partial charge is 0.416 e. The van der Waals surface area contributed by atoms with Gasteiger partial charge in [-0.25, -0.2) is 4.79 Å². The zero-order valence-electron chi connectivity index (χ0n) is 14.3. The lowest BCUT2D eigenvalue weighted by atomic mass is 10.1. The average Bonchev–Trinajstić information content (AvgIpc) is 2.66. The van der Waals surface area contributed by atoms with E-state index in [9.17, 15) is 18.0 Å². The second kappa shape index (κ2) is 9.50. The summed E-state index contributed by atoms with van der Waals surface area (Å²) < 4.78 is 43.1. The summed E-state index contributed by atoms with van der Waals surface area (Å²) in [6.07, 6.45) is -4.73. The molecule has 0 fully saturated rings. The van der Waals surface area contributed by atoms with Gasteiger partial charge in [-0.2, -0.15) is 13.2 Å². The van der Waals surface area contributed by atoms with Crippen LogP contribution in [-0.4, -0.2) is 12.6 Å². The standard InChI is InChI=1S/C19H18F3N3O2/c20-19(21,22)16-10-9-15(17(12-16)25-23)8-4-5-11-24-18(26)27-13-14-6-2-1-3-7-14/h1-3,6-7,9-10,12,25H,5,11,13,23H2,(H,24,26). The molecule has 1 amide bonds. The molecule has 2 rings (SSSR count). The van der Waals surface area contributed by atoms with E-state index in [1.54, 1.807) is 0 Å². The van der Waals surface area contributed by atoms with Crippen LogP contribution in [-0.2, 0) is 17.5 Å². The molecule has 4 N–H and O–H groups in total. The zero-order valence-corrected chi connectivity index (χ0v) is 14.3. The number of carbonyl (C=O) groups excluding carboxylic acids is 1. The maximum absolute atomic E-state index is 12.7. The molecule has 2 aromatic carbocycles. The van der Waals surface area contributed by atoms with Gasteiger partial charge in [0.15, 0.2) is 0 Å². The summed E-state index contributed by atoms with van der Waals surface area (Å²) in [6, 6.07) is 12.3. The van der Waals surface area contributed by atoms with Crippen LogP contribution in [0.2, 0.25) is 0 Å². The predicted molar refractivity (Wildman–Crippen MR) is 95.4 cm³/mol. The van der Waals surface area contributed by atoms with Crippen molar-refractivity contribution in [2.24, 2.45) is 5.84 Å². The fourth-order valence-electron chi connectivity index (χ4n) is 2.11. The molecule has 0 aliphatic carbocycles. The van der Waals surface area contributed by atoms with Gasteiger partial charge in [-0.1, -0.05) is 42.2 Å². The summed E-state index contributed by atoms with van der Waals surface area (Å²) in [5.41, 5.74) is 2.67. The molecule has 142 valence electrons. The predicted octanol–water partition coefficient (Wildman–Crippen LogP) is 3.66. The van der Waals surface area contributed by atoms with E-state index in [4.69, 9.17) is 10.6 Å². The van der Waals surface area contributed by atoms with E-state index in [0.717, 1.165) is 17.7 Å². The van der Waals surface area contributed by atoms with Crippen molar-refractivity contribution in [2.75, 3.05) is 12.0 Å². The summed E-state index contributed by atoms with van der Waals surface area (Å²) in [5, 5.41) is 2.54. The van der Waals surface area contributed by atoms with Gasteiger partial charge < -0.3 is 15.5 Å². The molecule has 0 aliphatic heterocycles. The number of benzene rings is 2. The maximum Gasteiger partial charge on any atom is 0.416 e. The lowest BCUT2D eigenvalue weighted by molar-refractivity contribution is -0.137. The summed E-state index contributed by atoms with van der Waals surface area (Å²) >= 11 is 0. The first-order valence-corrected chi connectivity index (χ1v) is 8.01. The van der Waals surface area contributed by atoms with Crippen LogP contribution in [0.3, 0.4) is 0 Å². The minimum Gasteiger partial charge on any atom is -0.445 e. The number of hydrazine groups is 1. The van der Waals surface area contributed by atoms with Crippen molar-refractivity contribution >= 4 is 11.8 Å². The average molecular weight is 377 g/mol. The van der Waals surface area contributed by atoms with E-state index < -0.39 is 17.8 Å². The van der Waals surface area contributed by atoms with E-state index in [2.05, 4.69) is 22.6 Å². The first-order valence-electron chi connectivity index (χ1n) is 8.01. The Morgan fingerprint density at radius 1 is 1.15 bits per heavy atom. The topological polar surface area (TPSA) is 76.4 Å². The van der Waals surface area contributed by atoms with E-state index >= 15 is 0 Å². The number of anilines is 1. The van der Waals surface area contributed by atoms with Crippen LogP contribution in [0.25, 0.3) is 0 Å². The number of hydrogen-bond donors (Lipinski definition) is 3. The van der Waals surface area contributed by atoms with Gasteiger partial charge in [-0.15, -0.1) is 0 Å². The number of halogens is 3. The molecule has 0 unspecified atom stereocenters. The monoisotopic (exact) mass is 377 g/mol. The van der Waals surface area contributed by atoms with Crippen molar-refractivity contribution in [3.8, 4) is 11.8 Å². The van der Waals surface area contributed by atoms with Crippen LogP contribution in [0.1, 0.15) is 23.1 Å². The molecule has 0 atom stereocenters. The third kappa shape index (κ3) is 6.56. The second-order valence-corrected chi connectivity index (χ2v) is 5.44. The van der Waals surface area contributed by atoms with Gasteiger partial charge in [-0.05, 0) is 23.8 Å². The lowest BCUT2D eigenvalue weighted by Gasteiger charge is -2.10. The van der Waals surface area contributed by atoms with E-state index in [1.165, 1.54) is 6.07 Å². The van der Waals surface area contributed by atoms with Crippen LogP contribution in [0.5, 0.6) is 0 Å². The largest absolute Gasteiger partial charge is 0.445 e. The number of nitrogens with one attached hydrogen (secondary N) is 2. The molecule has 0 aliphatic rings. The Bertz CT molecular complexity index is 828. The van der Waals surface area contributed by atoms with Crippen LogP contribution >= 0.6 is 0 Å². The van der Waals surface area contributed by atoms with Gasteiger partial charge in [0, 0.05) is 18.5 Å². The molecule has 0 heterocycles. The molecule has 2 aromatic rings. The molecule has 27 heavy (non-hydrogen) atoms.